The Morgan fingerprint density at radius 1 is 0.600 bits per heavy atom. The second-order valence-electron chi connectivity index (χ2n) is 6.18. The van der Waals surface area contributed by atoms with E-state index in [0.29, 0.717) is 11.1 Å². The molecule has 2 aromatic carbocycles. The Labute approximate surface area is 179 Å². The molecule has 2 aromatic rings. The van der Waals surface area contributed by atoms with E-state index in [1.807, 2.05) is 48.5 Å². The Morgan fingerprint density at radius 3 is 1.20 bits per heavy atom. The maximum Gasteiger partial charge on any atom is 0.0516 e. The summed E-state index contributed by atoms with van der Waals surface area (Å²) in [5, 5.41) is 0. The molecule has 2 rings (SSSR count). The van der Waals surface area contributed by atoms with E-state index in [2.05, 4.69) is 0 Å². The van der Waals surface area contributed by atoms with Crippen LogP contribution in [0, 0.1) is 0 Å². The van der Waals surface area contributed by atoms with Gasteiger partial charge in [-0.25, -0.2) is 0 Å². The van der Waals surface area contributed by atoms with Gasteiger partial charge in [0.15, 0.2) is 0 Å². The van der Waals surface area contributed by atoms with Gasteiger partial charge in [-0.3, -0.25) is 0 Å². The molecular weight excluding hydrogens is 422 g/mol. The summed E-state index contributed by atoms with van der Waals surface area (Å²) in [4.78, 5) is 26.1. The van der Waals surface area contributed by atoms with Crippen LogP contribution in [0.2, 0.25) is 0 Å². The highest BCUT2D eigenvalue weighted by molar-refractivity contribution is 7.59. The molecule has 0 saturated carbocycles. The van der Waals surface area contributed by atoms with Crippen LogP contribution in [-0.4, -0.2) is 38.0 Å². The van der Waals surface area contributed by atoms with Crippen LogP contribution in [0.1, 0.15) is 38.8 Å². The van der Waals surface area contributed by atoms with Crippen LogP contribution >= 0.6 is 15.1 Å². The van der Waals surface area contributed by atoms with Crippen molar-refractivity contribution in [2.45, 2.75) is 27.7 Å². The van der Waals surface area contributed by atoms with Crippen molar-refractivity contribution >= 4 is 26.7 Å². The van der Waals surface area contributed by atoms with Gasteiger partial charge in [0.25, 0.3) is 0 Å². The summed E-state index contributed by atoms with van der Waals surface area (Å²) >= 11 is 0. The quantitative estimate of drug-likeness (QED) is 0.479. The summed E-state index contributed by atoms with van der Waals surface area (Å²) in [6, 6.07) is 15.0. The second-order valence-corrected chi connectivity index (χ2v) is 9.89. The minimum Gasteiger partial charge on any atom is -0.788 e. The Hall–Kier alpha value is -1.20. The standard InChI is InChI=1S/C22H30O6P2/c1-5-25-29(23,26-6-2)17-19-13-9-11-15-21(19)22-16-12-10-14-20(22)18-30(24,27-7-3)28-8-4/h9-18H,5-8H2,1-4H3/q-2. The lowest BCUT2D eigenvalue weighted by molar-refractivity contribution is -0.208. The molecule has 0 aliphatic carbocycles. The number of hydrogen-bond acceptors (Lipinski definition) is 6. The van der Waals surface area contributed by atoms with Crippen LogP contribution in [-0.2, 0) is 18.1 Å². The van der Waals surface area contributed by atoms with Gasteiger partial charge in [0, 0.05) is 26.4 Å². The summed E-state index contributed by atoms with van der Waals surface area (Å²) in [6.07, 6.45) is 0. The van der Waals surface area contributed by atoms with Crippen molar-refractivity contribution in [1.29, 1.82) is 0 Å². The fourth-order valence-corrected chi connectivity index (χ4v) is 6.01. The van der Waals surface area contributed by atoms with Gasteiger partial charge < -0.3 is 27.9 Å². The van der Waals surface area contributed by atoms with Gasteiger partial charge in [0.05, 0.1) is 15.1 Å². The molecule has 0 radical (unpaired) electrons. The minimum atomic E-state index is -3.41. The van der Waals surface area contributed by atoms with Crippen LogP contribution in [0.3, 0.4) is 0 Å². The first-order chi connectivity index (χ1) is 14.4. The first-order valence-electron chi connectivity index (χ1n) is 10.1. The van der Waals surface area contributed by atoms with Crippen molar-refractivity contribution in [3.05, 3.63) is 59.7 Å². The van der Waals surface area contributed by atoms with E-state index in [-0.39, 0.29) is 26.4 Å². The van der Waals surface area contributed by atoms with Crippen LogP contribution in [0.15, 0.2) is 48.5 Å². The highest BCUT2D eigenvalue weighted by Crippen LogP contribution is 2.43. The van der Waals surface area contributed by atoms with E-state index < -0.39 is 15.1 Å². The number of benzene rings is 2. The van der Waals surface area contributed by atoms with Crippen LogP contribution in [0.4, 0.5) is 0 Å². The normalized spacial score (nSPS) is 12.1. The van der Waals surface area contributed by atoms with E-state index in [9.17, 15) is 9.79 Å². The van der Waals surface area contributed by atoms with E-state index in [4.69, 9.17) is 18.1 Å². The minimum absolute atomic E-state index is 0.270. The lowest BCUT2D eigenvalue weighted by atomic mass is 9.97. The summed E-state index contributed by atoms with van der Waals surface area (Å²) in [6.45, 7) is 8.17. The topological polar surface area (TPSA) is 83.0 Å². The Morgan fingerprint density at radius 2 is 0.900 bits per heavy atom. The average Bonchev–Trinajstić information content (AvgIpc) is 2.69. The zero-order valence-electron chi connectivity index (χ0n) is 17.9. The summed E-state index contributed by atoms with van der Waals surface area (Å²) in [5.41, 5.74) is 3.02. The highest BCUT2D eigenvalue weighted by Gasteiger charge is 2.12. The Bertz CT molecular complexity index is 830. The van der Waals surface area contributed by atoms with Crippen molar-refractivity contribution < 1.29 is 27.9 Å². The van der Waals surface area contributed by atoms with Gasteiger partial charge >= 0.3 is 0 Å². The molecule has 0 amide bonds. The largest absolute Gasteiger partial charge is 0.788 e. The van der Waals surface area contributed by atoms with Crippen molar-refractivity contribution in [3.63, 3.8) is 0 Å². The van der Waals surface area contributed by atoms with E-state index in [0.717, 1.165) is 11.1 Å². The molecule has 0 aliphatic rings. The molecule has 0 saturated heterocycles. The molecule has 8 heteroatoms. The fraction of sp³-hybridized carbons (Fsp3) is 0.364. The molecule has 166 valence electrons. The van der Waals surface area contributed by atoms with Crippen molar-refractivity contribution in [3.8, 4) is 11.1 Å². The third-order valence-electron chi connectivity index (χ3n) is 4.04. The lowest BCUT2D eigenvalue weighted by Gasteiger charge is -2.32. The molecule has 30 heavy (non-hydrogen) atoms. The van der Waals surface area contributed by atoms with E-state index in [1.54, 1.807) is 27.7 Å². The smallest absolute Gasteiger partial charge is 0.0516 e. The van der Waals surface area contributed by atoms with Crippen LogP contribution in [0.25, 0.3) is 11.1 Å². The lowest BCUT2D eigenvalue weighted by Crippen LogP contribution is -2.13. The molecule has 0 atom stereocenters. The predicted molar refractivity (Wildman–Crippen MR) is 123 cm³/mol. The first-order valence-corrected chi connectivity index (χ1v) is 13.3. The second kappa shape index (κ2) is 12.0. The highest BCUT2D eigenvalue weighted by atomic mass is 31.2. The summed E-state index contributed by atoms with van der Waals surface area (Å²) in [5.74, 6) is 3.08. The van der Waals surface area contributed by atoms with Crippen molar-refractivity contribution in [1.82, 2.24) is 0 Å². The Balaban J connectivity index is 2.66. The van der Waals surface area contributed by atoms with Crippen LogP contribution < -0.4 is 9.79 Å². The molecule has 0 aromatic heterocycles. The third-order valence-corrected chi connectivity index (χ3v) is 7.70. The predicted octanol–water partition coefficient (Wildman–Crippen LogP) is 4.05. The molecule has 6 nitrogen and oxygen atoms in total. The molecule has 0 spiro atoms. The maximum absolute atomic E-state index is 13.1. The molecule has 0 aliphatic heterocycles. The SMILES string of the molecule is CCOP([O-])(=Cc1ccccc1-c1ccccc1C=P([O-])(OCC)OCC)OCC. The van der Waals surface area contributed by atoms with Gasteiger partial charge in [-0.05, 0) is 61.5 Å². The number of rotatable bonds is 11. The molecule has 0 unspecified atom stereocenters. The molecule has 0 fully saturated rings. The van der Waals surface area contributed by atoms with Crippen molar-refractivity contribution in [2.24, 2.45) is 0 Å². The molecule has 0 heterocycles. The fourth-order valence-electron chi connectivity index (χ4n) is 2.99. The third kappa shape index (κ3) is 6.91. The van der Waals surface area contributed by atoms with E-state index >= 15 is 0 Å². The van der Waals surface area contributed by atoms with Crippen LogP contribution in [0.5, 0.6) is 0 Å². The van der Waals surface area contributed by atoms with Gasteiger partial charge in [-0.1, -0.05) is 48.5 Å². The average molecular weight is 452 g/mol. The first kappa shape index (κ1) is 25.1. The zero-order chi connectivity index (χ0) is 22.0. The van der Waals surface area contributed by atoms with Gasteiger partial charge in [-0.15, -0.1) is 0 Å². The summed E-state index contributed by atoms with van der Waals surface area (Å²) in [7, 11) is -6.81. The molecule has 0 N–H and O–H groups in total. The van der Waals surface area contributed by atoms with Gasteiger partial charge in [0.1, 0.15) is 0 Å². The molecular formula is C22H30O6P2-2. The molecule has 0 bridgehead atoms. The van der Waals surface area contributed by atoms with E-state index in [1.165, 1.54) is 11.6 Å². The van der Waals surface area contributed by atoms with Gasteiger partial charge in [-0.2, -0.15) is 0 Å². The Kier molecular flexibility index (Phi) is 10.0. The summed E-state index contributed by atoms with van der Waals surface area (Å²) < 4.78 is 21.7. The zero-order valence-corrected chi connectivity index (χ0v) is 19.7. The van der Waals surface area contributed by atoms with Crippen molar-refractivity contribution in [2.75, 3.05) is 26.4 Å². The monoisotopic (exact) mass is 452 g/mol. The van der Waals surface area contributed by atoms with Gasteiger partial charge in [0.2, 0.25) is 0 Å². The number of hydrogen-bond donors (Lipinski definition) is 0. The maximum atomic E-state index is 13.1.